The van der Waals surface area contributed by atoms with E-state index in [1.807, 2.05) is 55.5 Å². The van der Waals surface area contributed by atoms with Gasteiger partial charge in [-0.15, -0.1) is 0 Å². The summed E-state index contributed by atoms with van der Waals surface area (Å²) in [5.74, 6) is 2.17. The molecule has 0 N–H and O–H groups in total. The van der Waals surface area contributed by atoms with Crippen molar-refractivity contribution < 1.29 is 22.6 Å². The van der Waals surface area contributed by atoms with Gasteiger partial charge in [-0.3, -0.25) is 9.21 Å². The molecule has 0 spiro atoms. The normalized spacial score (nSPS) is 14.9. The van der Waals surface area contributed by atoms with E-state index in [4.69, 9.17) is 14.2 Å². The number of likely N-dealkylation sites (tertiary alicyclic amines) is 1. The van der Waals surface area contributed by atoms with Crippen LogP contribution in [0.4, 0.5) is 5.69 Å². The van der Waals surface area contributed by atoms with Crippen molar-refractivity contribution in [3.8, 4) is 17.2 Å². The van der Waals surface area contributed by atoms with Gasteiger partial charge in [0.05, 0.1) is 31.9 Å². The standard InChI is InChI=1S/C28H34N2O5S/c1-21-8-12-27(13-9-21)36(31,32)30(24-6-5-7-25(18-24)33-2)23-14-16-29(17-15-23)20-22-10-11-26(34-3)19-28(22)35-4/h5-13,18-19,23H,14-17,20H2,1-4H3. The lowest BCUT2D eigenvalue weighted by molar-refractivity contribution is 0.204. The van der Waals surface area contributed by atoms with Gasteiger partial charge in [0.1, 0.15) is 17.2 Å². The number of ether oxygens (including phenoxy) is 3. The maximum atomic E-state index is 13.9. The van der Waals surface area contributed by atoms with Crippen LogP contribution in [0.5, 0.6) is 17.2 Å². The number of hydrogen-bond acceptors (Lipinski definition) is 6. The van der Waals surface area contributed by atoms with E-state index in [0.29, 0.717) is 29.2 Å². The molecule has 0 aliphatic carbocycles. The molecule has 1 saturated heterocycles. The van der Waals surface area contributed by atoms with Gasteiger partial charge in [-0.05, 0) is 50.1 Å². The lowest BCUT2D eigenvalue weighted by atomic mass is 10.0. The fraction of sp³-hybridized carbons (Fsp3) is 0.357. The molecule has 7 nitrogen and oxygen atoms in total. The summed E-state index contributed by atoms with van der Waals surface area (Å²) in [5.41, 5.74) is 2.71. The Morgan fingerprint density at radius 2 is 1.53 bits per heavy atom. The van der Waals surface area contributed by atoms with E-state index in [0.717, 1.165) is 42.3 Å². The first-order valence-electron chi connectivity index (χ1n) is 12.0. The van der Waals surface area contributed by atoms with E-state index >= 15 is 0 Å². The molecule has 0 aromatic heterocycles. The number of benzene rings is 3. The summed E-state index contributed by atoms with van der Waals surface area (Å²) in [5, 5.41) is 0. The summed E-state index contributed by atoms with van der Waals surface area (Å²) in [6, 6.07) is 20.0. The van der Waals surface area contributed by atoms with Gasteiger partial charge in [0, 0.05) is 43.4 Å². The highest BCUT2D eigenvalue weighted by Crippen LogP contribution is 2.33. The minimum Gasteiger partial charge on any atom is -0.497 e. The molecule has 1 aliphatic heterocycles. The predicted octanol–water partition coefficient (Wildman–Crippen LogP) is 4.88. The molecule has 0 unspecified atom stereocenters. The summed E-state index contributed by atoms with van der Waals surface area (Å²) in [4.78, 5) is 2.63. The molecular weight excluding hydrogens is 476 g/mol. The Hall–Kier alpha value is -3.23. The van der Waals surface area contributed by atoms with Crippen molar-refractivity contribution in [2.45, 2.75) is 37.2 Å². The molecule has 3 aromatic rings. The van der Waals surface area contributed by atoms with Crippen LogP contribution in [0.25, 0.3) is 0 Å². The topological polar surface area (TPSA) is 68.3 Å². The van der Waals surface area contributed by atoms with Crippen molar-refractivity contribution in [2.75, 3.05) is 38.7 Å². The second-order valence-corrected chi connectivity index (χ2v) is 10.8. The number of hydrogen-bond donors (Lipinski definition) is 0. The molecule has 1 fully saturated rings. The van der Waals surface area contributed by atoms with Gasteiger partial charge >= 0.3 is 0 Å². The van der Waals surface area contributed by atoms with Crippen LogP contribution in [0.3, 0.4) is 0 Å². The van der Waals surface area contributed by atoms with E-state index in [9.17, 15) is 8.42 Å². The average molecular weight is 511 g/mol. The van der Waals surface area contributed by atoms with Gasteiger partial charge in [-0.1, -0.05) is 29.8 Å². The van der Waals surface area contributed by atoms with E-state index in [-0.39, 0.29) is 6.04 Å². The molecule has 0 bridgehead atoms. The Bertz CT molecular complexity index is 1270. The maximum absolute atomic E-state index is 13.9. The van der Waals surface area contributed by atoms with E-state index in [2.05, 4.69) is 4.90 Å². The van der Waals surface area contributed by atoms with Crippen LogP contribution in [0.1, 0.15) is 24.0 Å². The molecule has 1 aliphatic rings. The second kappa shape index (κ2) is 11.2. The number of anilines is 1. The molecule has 4 rings (SSSR count). The molecule has 8 heteroatoms. The van der Waals surface area contributed by atoms with Crippen LogP contribution in [0, 0.1) is 6.92 Å². The van der Waals surface area contributed by atoms with Crippen LogP contribution < -0.4 is 18.5 Å². The highest BCUT2D eigenvalue weighted by molar-refractivity contribution is 7.92. The van der Waals surface area contributed by atoms with Gasteiger partial charge < -0.3 is 14.2 Å². The molecule has 0 atom stereocenters. The van der Waals surface area contributed by atoms with Gasteiger partial charge in [0.25, 0.3) is 10.0 Å². The average Bonchev–Trinajstić information content (AvgIpc) is 2.90. The van der Waals surface area contributed by atoms with Crippen LogP contribution >= 0.6 is 0 Å². The molecule has 0 saturated carbocycles. The highest BCUT2D eigenvalue weighted by Gasteiger charge is 2.34. The van der Waals surface area contributed by atoms with Crippen molar-refractivity contribution >= 4 is 15.7 Å². The Morgan fingerprint density at radius 1 is 0.861 bits per heavy atom. The molecule has 1 heterocycles. The quantitative estimate of drug-likeness (QED) is 0.409. The molecule has 3 aromatic carbocycles. The molecule has 0 amide bonds. The summed E-state index contributed by atoms with van der Waals surface area (Å²) in [6.07, 6.45) is 1.42. The van der Waals surface area contributed by atoms with Crippen molar-refractivity contribution in [3.05, 3.63) is 77.9 Å². The fourth-order valence-corrected chi connectivity index (χ4v) is 6.35. The number of sulfonamides is 1. The van der Waals surface area contributed by atoms with E-state index in [1.54, 1.807) is 43.8 Å². The maximum Gasteiger partial charge on any atom is 0.264 e. The zero-order valence-corrected chi connectivity index (χ0v) is 22.1. The lowest BCUT2D eigenvalue weighted by Gasteiger charge is -2.39. The highest BCUT2D eigenvalue weighted by atomic mass is 32.2. The number of methoxy groups -OCH3 is 3. The molecule has 0 radical (unpaired) electrons. The first-order chi connectivity index (χ1) is 17.3. The first kappa shape index (κ1) is 25.9. The van der Waals surface area contributed by atoms with Gasteiger partial charge in [0.15, 0.2) is 0 Å². The Morgan fingerprint density at radius 3 is 2.17 bits per heavy atom. The molecule has 192 valence electrons. The monoisotopic (exact) mass is 510 g/mol. The predicted molar refractivity (Wildman–Crippen MR) is 142 cm³/mol. The third-order valence-corrected chi connectivity index (χ3v) is 8.56. The number of rotatable bonds is 9. The van der Waals surface area contributed by atoms with Gasteiger partial charge in [0.2, 0.25) is 0 Å². The van der Waals surface area contributed by atoms with Crippen molar-refractivity contribution in [3.63, 3.8) is 0 Å². The summed E-state index contributed by atoms with van der Waals surface area (Å²) in [7, 11) is 1.12. The zero-order valence-electron chi connectivity index (χ0n) is 21.3. The lowest BCUT2D eigenvalue weighted by Crippen LogP contribution is -2.47. The van der Waals surface area contributed by atoms with Crippen molar-refractivity contribution in [1.29, 1.82) is 0 Å². The van der Waals surface area contributed by atoms with Gasteiger partial charge in [-0.2, -0.15) is 0 Å². The number of nitrogens with zero attached hydrogens (tertiary/aromatic N) is 2. The fourth-order valence-electron chi connectivity index (χ4n) is 4.65. The SMILES string of the molecule is COc1cccc(N(C2CCN(Cc3ccc(OC)cc3OC)CC2)S(=O)(=O)c2ccc(C)cc2)c1. The first-order valence-corrected chi connectivity index (χ1v) is 13.5. The van der Waals surface area contributed by atoms with Crippen molar-refractivity contribution in [2.24, 2.45) is 0 Å². The summed E-state index contributed by atoms with van der Waals surface area (Å²) in [6.45, 7) is 4.21. The molecule has 36 heavy (non-hydrogen) atoms. The summed E-state index contributed by atoms with van der Waals surface area (Å²) < 4.78 is 45.7. The van der Waals surface area contributed by atoms with Crippen LogP contribution in [0.15, 0.2) is 71.6 Å². The Balaban J connectivity index is 1.57. The number of piperidine rings is 1. The van der Waals surface area contributed by atoms with E-state index < -0.39 is 10.0 Å². The zero-order chi connectivity index (χ0) is 25.7. The largest absolute Gasteiger partial charge is 0.497 e. The van der Waals surface area contributed by atoms with Crippen LogP contribution in [0.2, 0.25) is 0 Å². The third-order valence-electron chi connectivity index (χ3n) is 6.66. The second-order valence-electron chi connectivity index (χ2n) is 9.00. The van der Waals surface area contributed by atoms with Crippen LogP contribution in [-0.4, -0.2) is 53.8 Å². The number of aryl methyl sites for hydroxylation is 1. The summed E-state index contributed by atoms with van der Waals surface area (Å²) >= 11 is 0. The Labute approximate surface area is 214 Å². The smallest absolute Gasteiger partial charge is 0.264 e. The van der Waals surface area contributed by atoms with Crippen molar-refractivity contribution in [1.82, 2.24) is 4.90 Å². The van der Waals surface area contributed by atoms with Gasteiger partial charge in [-0.25, -0.2) is 8.42 Å². The van der Waals surface area contributed by atoms with Crippen LogP contribution in [-0.2, 0) is 16.6 Å². The minimum atomic E-state index is -3.76. The third kappa shape index (κ3) is 5.60. The van der Waals surface area contributed by atoms with E-state index in [1.165, 1.54) is 0 Å². The molecular formula is C28H34N2O5S. The Kier molecular flexibility index (Phi) is 8.06. The minimum absolute atomic E-state index is 0.169.